The van der Waals surface area contributed by atoms with Crippen LogP contribution in [-0.4, -0.2) is 13.2 Å². The van der Waals surface area contributed by atoms with Crippen molar-refractivity contribution in [3.63, 3.8) is 0 Å². The van der Waals surface area contributed by atoms with Crippen LogP contribution in [0.25, 0.3) is 0 Å². The van der Waals surface area contributed by atoms with Gasteiger partial charge in [-0.05, 0) is 19.3 Å². The van der Waals surface area contributed by atoms with Crippen LogP contribution < -0.4 is 0 Å². The molecule has 79 valence electrons. The molecule has 0 heterocycles. The van der Waals surface area contributed by atoms with E-state index >= 15 is 0 Å². The van der Waals surface area contributed by atoms with E-state index in [0.717, 1.165) is 19.6 Å². The third kappa shape index (κ3) is 12.0. The van der Waals surface area contributed by atoms with Gasteiger partial charge in [-0.15, -0.1) is 0 Å². The average molecular weight is 185 g/mol. The van der Waals surface area contributed by atoms with Crippen LogP contribution in [0, 0.1) is 6.42 Å². The summed E-state index contributed by atoms with van der Waals surface area (Å²) in [5.41, 5.74) is 0. The Morgan fingerprint density at radius 2 is 1.62 bits per heavy atom. The monoisotopic (exact) mass is 185 g/mol. The highest BCUT2D eigenvalue weighted by Gasteiger charge is 1.90. The largest absolute Gasteiger partial charge is 0.381 e. The highest BCUT2D eigenvalue weighted by atomic mass is 16.5. The molecule has 0 unspecified atom stereocenters. The molecule has 0 atom stereocenters. The molecule has 0 aromatic rings. The maximum atomic E-state index is 5.45. The maximum Gasteiger partial charge on any atom is 0.0468 e. The molecule has 0 fully saturated rings. The van der Waals surface area contributed by atoms with Crippen molar-refractivity contribution in [1.82, 2.24) is 0 Å². The van der Waals surface area contributed by atoms with Crippen molar-refractivity contribution in [3.05, 3.63) is 6.42 Å². The first-order valence-electron chi connectivity index (χ1n) is 5.77. The summed E-state index contributed by atoms with van der Waals surface area (Å²) in [5, 5.41) is 0. The van der Waals surface area contributed by atoms with Crippen molar-refractivity contribution in [2.75, 3.05) is 13.2 Å². The second-order valence-corrected chi connectivity index (χ2v) is 3.58. The van der Waals surface area contributed by atoms with Crippen LogP contribution >= 0.6 is 0 Å². The van der Waals surface area contributed by atoms with E-state index in [1.54, 1.807) is 0 Å². The lowest BCUT2D eigenvalue weighted by atomic mass is 10.1. The first-order valence-corrected chi connectivity index (χ1v) is 5.77. The summed E-state index contributed by atoms with van der Waals surface area (Å²) < 4.78 is 5.45. The predicted octanol–water partition coefficient (Wildman–Crippen LogP) is 3.98. The molecule has 0 bridgehead atoms. The quantitative estimate of drug-likeness (QED) is 0.468. The van der Waals surface area contributed by atoms with Gasteiger partial charge in [-0.1, -0.05) is 46.0 Å². The third-order valence-electron chi connectivity index (χ3n) is 2.19. The molecule has 0 aliphatic rings. The van der Waals surface area contributed by atoms with Crippen LogP contribution in [0.15, 0.2) is 0 Å². The Bertz CT molecular complexity index is 71.2. The Morgan fingerprint density at radius 1 is 0.923 bits per heavy atom. The van der Waals surface area contributed by atoms with Crippen LogP contribution in [0.3, 0.4) is 0 Å². The minimum atomic E-state index is 0.908. The van der Waals surface area contributed by atoms with E-state index in [9.17, 15) is 0 Å². The fraction of sp³-hybridized carbons (Fsp3) is 0.917. The molecule has 0 aromatic heterocycles. The molecule has 0 spiro atoms. The van der Waals surface area contributed by atoms with Gasteiger partial charge in [0.25, 0.3) is 0 Å². The molecule has 0 rings (SSSR count). The molecule has 1 nitrogen and oxygen atoms in total. The van der Waals surface area contributed by atoms with Gasteiger partial charge >= 0.3 is 0 Å². The molecular formula is C12H25O. The molecule has 1 heteroatoms. The van der Waals surface area contributed by atoms with Gasteiger partial charge in [0.2, 0.25) is 0 Å². The van der Waals surface area contributed by atoms with Crippen molar-refractivity contribution in [1.29, 1.82) is 0 Å². The number of hydrogen-bond acceptors (Lipinski definition) is 1. The first-order chi connectivity index (χ1) is 6.41. The van der Waals surface area contributed by atoms with Crippen LogP contribution in [0.5, 0.6) is 0 Å². The molecule has 0 aliphatic heterocycles. The fourth-order valence-electron chi connectivity index (χ4n) is 1.29. The lowest BCUT2D eigenvalue weighted by Crippen LogP contribution is -1.96. The number of ether oxygens (including phenoxy) is 1. The molecule has 1 radical (unpaired) electrons. The van der Waals surface area contributed by atoms with Crippen molar-refractivity contribution >= 4 is 0 Å². The van der Waals surface area contributed by atoms with Crippen LogP contribution in [0.2, 0.25) is 0 Å². The van der Waals surface area contributed by atoms with Crippen molar-refractivity contribution < 1.29 is 4.74 Å². The van der Waals surface area contributed by atoms with Gasteiger partial charge < -0.3 is 4.74 Å². The SMILES string of the molecule is C[CH]CCOCCCCCCCC. The Hall–Kier alpha value is -0.0400. The summed E-state index contributed by atoms with van der Waals surface area (Å²) in [5.74, 6) is 0. The van der Waals surface area contributed by atoms with E-state index in [1.807, 2.05) is 0 Å². The Kier molecular flexibility index (Phi) is 11.9. The van der Waals surface area contributed by atoms with E-state index < -0.39 is 0 Å². The summed E-state index contributed by atoms with van der Waals surface area (Å²) in [4.78, 5) is 0. The van der Waals surface area contributed by atoms with Crippen molar-refractivity contribution in [2.24, 2.45) is 0 Å². The Morgan fingerprint density at radius 3 is 2.31 bits per heavy atom. The molecule has 0 aliphatic carbocycles. The van der Waals surface area contributed by atoms with Crippen molar-refractivity contribution in [3.8, 4) is 0 Å². The number of hydrogen-bond donors (Lipinski definition) is 0. The second-order valence-electron chi connectivity index (χ2n) is 3.58. The maximum absolute atomic E-state index is 5.45. The van der Waals surface area contributed by atoms with Crippen LogP contribution in [0.4, 0.5) is 0 Å². The highest BCUT2D eigenvalue weighted by Crippen LogP contribution is 2.04. The minimum absolute atomic E-state index is 0.908. The molecular weight excluding hydrogens is 160 g/mol. The standard InChI is InChI=1S/C12H25O/c1-3-5-7-8-9-10-12-13-11-6-4-2/h4H,3,5-12H2,1-2H3. The number of rotatable bonds is 10. The van der Waals surface area contributed by atoms with Gasteiger partial charge in [0.1, 0.15) is 0 Å². The molecule has 13 heavy (non-hydrogen) atoms. The zero-order chi connectivity index (χ0) is 9.78. The van der Waals surface area contributed by atoms with Gasteiger partial charge in [-0.25, -0.2) is 0 Å². The highest BCUT2D eigenvalue weighted by molar-refractivity contribution is 4.53. The van der Waals surface area contributed by atoms with E-state index in [4.69, 9.17) is 4.74 Å². The van der Waals surface area contributed by atoms with Gasteiger partial charge in [-0.3, -0.25) is 0 Å². The molecule has 0 saturated heterocycles. The first kappa shape index (κ1) is 13.0. The smallest absolute Gasteiger partial charge is 0.0468 e. The third-order valence-corrected chi connectivity index (χ3v) is 2.19. The van der Waals surface area contributed by atoms with Gasteiger partial charge in [0.05, 0.1) is 0 Å². The minimum Gasteiger partial charge on any atom is -0.381 e. The summed E-state index contributed by atoms with van der Waals surface area (Å²) in [7, 11) is 0. The molecule has 0 N–H and O–H groups in total. The zero-order valence-corrected chi connectivity index (χ0v) is 9.35. The lowest BCUT2D eigenvalue weighted by molar-refractivity contribution is 0.132. The van der Waals surface area contributed by atoms with Crippen molar-refractivity contribution in [2.45, 2.75) is 58.8 Å². The summed E-state index contributed by atoms with van der Waals surface area (Å²) >= 11 is 0. The topological polar surface area (TPSA) is 9.23 Å². The molecule has 0 amide bonds. The normalized spacial score (nSPS) is 10.6. The zero-order valence-electron chi connectivity index (χ0n) is 9.35. The Balaban J connectivity index is 2.76. The van der Waals surface area contributed by atoms with Gasteiger partial charge in [0.15, 0.2) is 0 Å². The van der Waals surface area contributed by atoms with E-state index in [2.05, 4.69) is 20.3 Å². The Labute approximate surface area is 83.9 Å². The number of unbranched alkanes of at least 4 members (excludes halogenated alkanes) is 6. The van der Waals surface area contributed by atoms with E-state index in [1.165, 1.54) is 38.5 Å². The molecule has 0 aromatic carbocycles. The van der Waals surface area contributed by atoms with E-state index in [-0.39, 0.29) is 0 Å². The van der Waals surface area contributed by atoms with Crippen LogP contribution in [-0.2, 0) is 4.74 Å². The fourth-order valence-corrected chi connectivity index (χ4v) is 1.29. The van der Waals surface area contributed by atoms with E-state index in [0.29, 0.717) is 0 Å². The predicted molar refractivity (Wildman–Crippen MR) is 58.8 cm³/mol. The second kappa shape index (κ2) is 12.0. The summed E-state index contributed by atoms with van der Waals surface area (Å²) in [6, 6.07) is 0. The van der Waals surface area contributed by atoms with Gasteiger partial charge in [-0.2, -0.15) is 0 Å². The summed E-state index contributed by atoms with van der Waals surface area (Å²) in [6.07, 6.45) is 11.4. The summed E-state index contributed by atoms with van der Waals surface area (Å²) in [6.45, 7) is 6.20. The molecule has 0 saturated carbocycles. The van der Waals surface area contributed by atoms with Crippen LogP contribution in [0.1, 0.15) is 58.8 Å². The van der Waals surface area contributed by atoms with Gasteiger partial charge in [0, 0.05) is 13.2 Å². The average Bonchev–Trinajstić information content (AvgIpc) is 2.16. The lowest BCUT2D eigenvalue weighted by Gasteiger charge is -2.02.